The van der Waals surface area contributed by atoms with Crippen molar-refractivity contribution in [3.8, 4) is 17.2 Å². The maximum atomic E-state index is 12.4. The summed E-state index contributed by atoms with van der Waals surface area (Å²) in [5.74, 6) is 0.817. The molecule has 2 aromatic carbocycles. The average molecular weight is 382 g/mol. The zero-order valence-electron chi connectivity index (χ0n) is 15.5. The van der Waals surface area contributed by atoms with Crippen LogP contribution in [0.5, 0.6) is 17.2 Å². The Morgan fingerprint density at radius 1 is 1.07 bits per heavy atom. The van der Waals surface area contributed by atoms with Crippen LogP contribution in [0.4, 0.5) is 0 Å². The van der Waals surface area contributed by atoms with Gasteiger partial charge in [0.05, 0.1) is 32.9 Å². The maximum Gasteiger partial charge on any atom is 0.292 e. The van der Waals surface area contributed by atoms with Gasteiger partial charge in [0.15, 0.2) is 17.2 Å². The van der Waals surface area contributed by atoms with Gasteiger partial charge in [-0.15, -0.1) is 0 Å². The fourth-order valence-electron chi connectivity index (χ4n) is 2.68. The highest BCUT2D eigenvalue weighted by atomic mass is 16.5. The number of nitrogens with zero attached hydrogens (tertiary/aromatic N) is 2. The summed E-state index contributed by atoms with van der Waals surface area (Å²) in [6.45, 7) is 0. The fraction of sp³-hybridized carbons (Fsp3) is 0.158. The quantitative estimate of drug-likeness (QED) is 0.495. The van der Waals surface area contributed by atoms with E-state index in [1.807, 2.05) is 0 Å². The van der Waals surface area contributed by atoms with Crippen LogP contribution in [0.3, 0.4) is 0 Å². The third-order valence-corrected chi connectivity index (χ3v) is 3.98. The molecular weight excluding hydrogens is 364 g/mol. The first-order valence-corrected chi connectivity index (χ1v) is 8.20. The number of amides is 1. The first-order valence-electron chi connectivity index (χ1n) is 8.20. The van der Waals surface area contributed by atoms with Gasteiger partial charge in [0.25, 0.3) is 11.5 Å². The molecule has 2 N–H and O–H groups in total. The molecule has 0 saturated carbocycles. The summed E-state index contributed by atoms with van der Waals surface area (Å²) in [5, 5.41) is 10.9. The molecule has 1 aromatic heterocycles. The van der Waals surface area contributed by atoms with Crippen LogP contribution < -0.4 is 25.2 Å². The molecule has 0 fully saturated rings. The van der Waals surface area contributed by atoms with Crippen LogP contribution in [0.15, 0.2) is 46.3 Å². The van der Waals surface area contributed by atoms with Gasteiger partial charge in [-0.25, -0.2) is 10.5 Å². The first kappa shape index (κ1) is 18.9. The standard InChI is InChI=1S/C19H18N4O5/c1-26-14-8-11(9-15(27-2)17(14)28-3)10-20-22-19(25)16-12-6-4-5-7-13(12)18(24)23-21-16/h4-10H,1-3H3,(H,22,25)(H,23,24)/b20-10+. The number of carbonyl (C=O) groups is 1. The van der Waals surface area contributed by atoms with E-state index in [2.05, 4.69) is 20.7 Å². The number of fused-ring (bicyclic) bond motifs is 1. The zero-order chi connectivity index (χ0) is 20.1. The fourth-order valence-corrected chi connectivity index (χ4v) is 2.68. The Morgan fingerprint density at radius 3 is 2.32 bits per heavy atom. The Morgan fingerprint density at radius 2 is 1.71 bits per heavy atom. The van der Waals surface area contributed by atoms with Gasteiger partial charge in [-0.2, -0.15) is 10.2 Å². The van der Waals surface area contributed by atoms with E-state index in [-0.39, 0.29) is 11.3 Å². The first-order chi connectivity index (χ1) is 13.6. The number of carbonyl (C=O) groups excluding carboxylic acids is 1. The Kier molecular flexibility index (Phi) is 5.54. The lowest BCUT2D eigenvalue weighted by Gasteiger charge is -2.12. The van der Waals surface area contributed by atoms with Crippen molar-refractivity contribution in [3.63, 3.8) is 0 Å². The number of aromatic amines is 1. The van der Waals surface area contributed by atoms with Gasteiger partial charge in [-0.3, -0.25) is 9.59 Å². The molecule has 0 saturated heterocycles. The van der Waals surface area contributed by atoms with E-state index >= 15 is 0 Å². The van der Waals surface area contributed by atoms with Gasteiger partial charge < -0.3 is 14.2 Å². The minimum absolute atomic E-state index is 0.0669. The second kappa shape index (κ2) is 8.21. The lowest BCUT2D eigenvalue weighted by atomic mass is 10.1. The largest absolute Gasteiger partial charge is 0.493 e. The Labute approximate surface area is 159 Å². The maximum absolute atomic E-state index is 12.4. The highest BCUT2D eigenvalue weighted by Crippen LogP contribution is 2.37. The molecule has 3 rings (SSSR count). The Balaban J connectivity index is 1.85. The second-order valence-corrected chi connectivity index (χ2v) is 5.60. The highest BCUT2D eigenvalue weighted by Gasteiger charge is 2.14. The third kappa shape index (κ3) is 3.63. The molecule has 0 spiro atoms. The molecule has 0 bridgehead atoms. The van der Waals surface area contributed by atoms with Crippen LogP contribution >= 0.6 is 0 Å². The van der Waals surface area contributed by atoms with E-state index < -0.39 is 5.91 Å². The number of ether oxygens (including phenoxy) is 3. The smallest absolute Gasteiger partial charge is 0.292 e. The van der Waals surface area contributed by atoms with Crippen molar-refractivity contribution in [1.29, 1.82) is 0 Å². The summed E-state index contributed by atoms with van der Waals surface area (Å²) in [5.41, 5.74) is 2.71. The van der Waals surface area contributed by atoms with Crippen LogP contribution in [-0.4, -0.2) is 43.6 Å². The number of hydrogen-bond donors (Lipinski definition) is 2. The summed E-state index contributed by atoms with van der Waals surface area (Å²) in [6.07, 6.45) is 1.43. The van der Waals surface area contributed by atoms with Crippen molar-refractivity contribution in [2.45, 2.75) is 0 Å². The van der Waals surface area contributed by atoms with Gasteiger partial charge in [-0.05, 0) is 18.2 Å². The van der Waals surface area contributed by atoms with Crippen molar-refractivity contribution in [1.82, 2.24) is 15.6 Å². The lowest BCUT2D eigenvalue weighted by molar-refractivity contribution is 0.0951. The molecule has 1 amide bonds. The molecule has 0 aliphatic carbocycles. The van der Waals surface area contributed by atoms with Crippen molar-refractivity contribution >= 4 is 22.9 Å². The molecule has 9 heteroatoms. The van der Waals surface area contributed by atoms with E-state index in [4.69, 9.17) is 14.2 Å². The summed E-state index contributed by atoms with van der Waals surface area (Å²) in [4.78, 5) is 24.2. The molecule has 3 aromatic rings. The summed E-state index contributed by atoms with van der Waals surface area (Å²) in [7, 11) is 4.52. The van der Waals surface area contributed by atoms with Crippen molar-refractivity contribution in [3.05, 3.63) is 58.0 Å². The lowest BCUT2D eigenvalue weighted by Crippen LogP contribution is -2.22. The summed E-state index contributed by atoms with van der Waals surface area (Å²) < 4.78 is 15.8. The van der Waals surface area contributed by atoms with E-state index in [0.717, 1.165) is 0 Å². The number of aromatic nitrogens is 2. The van der Waals surface area contributed by atoms with Crippen LogP contribution in [0.25, 0.3) is 10.8 Å². The van der Waals surface area contributed by atoms with E-state index in [1.54, 1.807) is 36.4 Å². The van der Waals surface area contributed by atoms with Crippen molar-refractivity contribution < 1.29 is 19.0 Å². The van der Waals surface area contributed by atoms with Crippen LogP contribution in [0.2, 0.25) is 0 Å². The predicted octanol–water partition coefficient (Wildman–Crippen LogP) is 1.71. The van der Waals surface area contributed by atoms with E-state index in [1.165, 1.54) is 27.5 Å². The van der Waals surface area contributed by atoms with Gasteiger partial charge >= 0.3 is 0 Å². The molecule has 0 aliphatic heterocycles. The number of methoxy groups -OCH3 is 3. The number of hydrogen-bond acceptors (Lipinski definition) is 7. The van der Waals surface area contributed by atoms with Crippen molar-refractivity contribution in [2.24, 2.45) is 5.10 Å². The zero-order valence-corrected chi connectivity index (χ0v) is 15.5. The monoisotopic (exact) mass is 382 g/mol. The van der Waals surface area contributed by atoms with Gasteiger partial charge in [0, 0.05) is 10.9 Å². The normalized spacial score (nSPS) is 10.8. The SMILES string of the molecule is COc1cc(/C=N/NC(=O)c2n[nH]c(=O)c3ccccc23)cc(OC)c1OC. The summed E-state index contributed by atoms with van der Waals surface area (Å²) >= 11 is 0. The number of nitrogens with one attached hydrogen (secondary N) is 2. The predicted molar refractivity (Wildman–Crippen MR) is 104 cm³/mol. The molecule has 0 atom stereocenters. The average Bonchev–Trinajstić information content (AvgIpc) is 2.73. The minimum atomic E-state index is -0.559. The second-order valence-electron chi connectivity index (χ2n) is 5.60. The van der Waals surface area contributed by atoms with Crippen LogP contribution in [0.1, 0.15) is 16.1 Å². The number of hydrazone groups is 1. The number of H-pyrrole nitrogens is 1. The highest BCUT2D eigenvalue weighted by molar-refractivity contribution is 6.04. The van der Waals surface area contributed by atoms with Gasteiger partial charge in [0.2, 0.25) is 5.75 Å². The Hall–Kier alpha value is -3.88. The van der Waals surface area contributed by atoms with Crippen molar-refractivity contribution in [2.75, 3.05) is 21.3 Å². The van der Waals surface area contributed by atoms with E-state index in [9.17, 15) is 9.59 Å². The molecule has 1 heterocycles. The minimum Gasteiger partial charge on any atom is -0.493 e. The molecule has 9 nitrogen and oxygen atoms in total. The molecule has 0 aliphatic rings. The molecular formula is C19H18N4O5. The van der Waals surface area contributed by atoms with Crippen LogP contribution in [-0.2, 0) is 0 Å². The summed E-state index contributed by atoms with van der Waals surface area (Å²) in [6, 6.07) is 10.1. The molecule has 0 radical (unpaired) electrons. The van der Waals surface area contributed by atoms with Crippen LogP contribution in [0, 0.1) is 0 Å². The molecule has 144 valence electrons. The molecule has 0 unspecified atom stereocenters. The van der Waals surface area contributed by atoms with E-state index in [0.29, 0.717) is 33.6 Å². The Bertz CT molecular complexity index is 1080. The van der Waals surface area contributed by atoms with Gasteiger partial charge in [0.1, 0.15) is 0 Å². The topological polar surface area (TPSA) is 115 Å². The molecule has 28 heavy (non-hydrogen) atoms. The van der Waals surface area contributed by atoms with Gasteiger partial charge in [-0.1, -0.05) is 18.2 Å². The third-order valence-electron chi connectivity index (χ3n) is 3.98. The number of rotatable bonds is 6. The number of benzene rings is 2.